The van der Waals surface area contributed by atoms with Crippen molar-refractivity contribution in [1.29, 1.82) is 21.0 Å². The van der Waals surface area contributed by atoms with Gasteiger partial charge < -0.3 is 0 Å². The number of azo groups is 1. The van der Waals surface area contributed by atoms with E-state index in [0.717, 1.165) is 12.8 Å². The van der Waals surface area contributed by atoms with Crippen molar-refractivity contribution in [3.63, 3.8) is 0 Å². The Bertz CT molecular complexity index is 585. The van der Waals surface area contributed by atoms with Crippen molar-refractivity contribution >= 4 is 0 Å². The van der Waals surface area contributed by atoms with Crippen LogP contribution in [-0.4, -0.2) is 11.1 Å². The average Bonchev–Trinajstić information content (AvgIpc) is 2.71. The smallest absolute Gasteiger partial charge is 0.164 e. The fraction of sp³-hybridized carbons (Fsp3) is 0.833. The Kier molecular flexibility index (Phi) is 18.7. The normalized spacial score (nSPS) is 16.1. The Labute approximate surface area is 185 Å². The van der Waals surface area contributed by atoms with E-state index >= 15 is 0 Å². The minimum absolute atomic E-state index is 0.231. The maximum Gasteiger partial charge on any atom is 0.164 e. The SMILES string of the molecule is CC(C)CC(C)C#N.CC(C)CC(C)C#N.CCC(C)(C#N)N=NC(C)(C#N)CC. The van der Waals surface area contributed by atoms with Gasteiger partial charge in [-0.25, -0.2) is 0 Å². The molecule has 0 N–H and O–H groups in total. The topological polar surface area (TPSA) is 120 Å². The second-order valence-electron chi connectivity index (χ2n) is 9.00. The molecule has 0 spiro atoms. The van der Waals surface area contributed by atoms with Gasteiger partial charge >= 0.3 is 0 Å². The summed E-state index contributed by atoms with van der Waals surface area (Å²) in [5.41, 5.74) is -1.60. The van der Waals surface area contributed by atoms with Crippen molar-refractivity contribution < 1.29 is 0 Å². The molecule has 0 saturated carbocycles. The molecule has 0 aromatic rings. The van der Waals surface area contributed by atoms with E-state index in [-0.39, 0.29) is 11.8 Å². The van der Waals surface area contributed by atoms with Crippen molar-refractivity contribution in [2.75, 3.05) is 0 Å². The van der Waals surface area contributed by atoms with Crippen molar-refractivity contribution in [1.82, 2.24) is 0 Å². The number of rotatable bonds is 8. The standard InChI is InChI=1S/C10H16N4.2C7H13N/c1-5-9(3,7-11)13-14-10(4,6-2)8-12;2*1-6(2)4-7(3)5-8/h5-6H2,1-4H3;2*6-7H,4H2,1-3H3. The summed E-state index contributed by atoms with van der Waals surface area (Å²) in [5.74, 6) is 1.78. The molecule has 0 aliphatic rings. The van der Waals surface area contributed by atoms with Gasteiger partial charge in [-0.1, -0.05) is 41.5 Å². The fourth-order valence-corrected chi connectivity index (χ4v) is 2.08. The highest BCUT2D eigenvalue weighted by atomic mass is 15.2. The van der Waals surface area contributed by atoms with Crippen LogP contribution in [0.4, 0.5) is 0 Å². The molecule has 4 unspecified atom stereocenters. The maximum atomic E-state index is 8.84. The molecular weight excluding hydrogens is 372 g/mol. The zero-order chi connectivity index (χ0) is 24.4. The predicted octanol–water partition coefficient (Wildman–Crippen LogP) is 7.21. The third-order valence-corrected chi connectivity index (χ3v) is 4.44. The summed E-state index contributed by atoms with van der Waals surface area (Å²) in [4.78, 5) is 0. The van der Waals surface area contributed by atoms with Gasteiger partial charge in [0.25, 0.3) is 0 Å². The van der Waals surface area contributed by atoms with E-state index in [4.69, 9.17) is 21.0 Å². The van der Waals surface area contributed by atoms with Crippen LogP contribution in [0.5, 0.6) is 0 Å². The largest absolute Gasteiger partial charge is 0.198 e. The highest BCUT2D eigenvalue weighted by Crippen LogP contribution is 2.20. The van der Waals surface area contributed by atoms with Crippen LogP contribution in [-0.2, 0) is 0 Å². The Hall–Kier alpha value is -2.44. The molecule has 4 atom stereocenters. The number of hydrogen-bond acceptors (Lipinski definition) is 6. The molecule has 0 radical (unpaired) electrons. The Morgan fingerprint density at radius 3 is 1.00 bits per heavy atom. The van der Waals surface area contributed by atoms with Gasteiger partial charge in [0.2, 0.25) is 0 Å². The van der Waals surface area contributed by atoms with E-state index in [1.807, 2.05) is 27.7 Å². The summed E-state index contributed by atoms with van der Waals surface area (Å²) < 4.78 is 0. The second kappa shape index (κ2) is 17.4. The Balaban J connectivity index is -0.000000391. The van der Waals surface area contributed by atoms with Crippen molar-refractivity contribution in [3.05, 3.63) is 0 Å². The highest BCUT2D eigenvalue weighted by molar-refractivity contribution is 5.06. The van der Waals surface area contributed by atoms with Crippen LogP contribution in [0, 0.1) is 69.0 Å². The number of nitrogens with zero attached hydrogens (tertiary/aromatic N) is 6. The first-order valence-corrected chi connectivity index (χ1v) is 10.8. The van der Waals surface area contributed by atoms with E-state index in [1.165, 1.54) is 0 Å². The number of nitriles is 4. The summed E-state index contributed by atoms with van der Waals surface area (Å²) in [6.45, 7) is 19.6. The highest BCUT2D eigenvalue weighted by Gasteiger charge is 2.25. The molecule has 0 aromatic carbocycles. The summed E-state index contributed by atoms with van der Waals surface area (Å²) in [5, 5.41) is 42.2. The number of hydrogen-bond donors (Lipinski definition) is 0. The molecule has 0 amide bonds. The lowest BCUT2D eigenvalue weighted by molar-refractivity contribution is 0.473. The van der Waals surface area contributed by atoms with Crippen LogP contribution in [0.2, 0.25) is 0 Å². The molecule has 0 bridgehead atoms. The molecule has 0 aliphatic heterocycles. The van der Waals surface area contributed by atoms with Gasteiger partial charge in [0.15, 0.2) is 11.1 Å². The predicted molar refractivity (Wildman–Crippen MR) is 122 cm³/mol. The van der Waals surface area contributed by atoms with Crippen LogP contribution in [0.3, 0.4) is 0 Å². The molecule has 0 fully saturated rings. The first-order valence-electron chi connectivity index (χ1n) is 10.8. The summed E-state index contributed by atoms with van der Waals surface area (Å²) in [6.07, 6.45) is 3.24. The van der Waals surface area contributed by atoms with Gasteiger partial charge in [-0.3, -0.25) is 0 Å². The van der Waals surface area contributed by atoms with E-state index in [0.29, 0.717) is 24.7 Å². The average molecular weight is 415 g/mol. The third kappa shape index (κ3) is 18.9. The zero-order valence-corrected chi connectivity index (χ0v) is 20.8. The van der Waals surface area contributed by atoms with Gasteiger partial charge in [0.1, 0.15) is 0 Å². The molecule has 0 rings (SSSR count). The lowest BCUT2D eigenvalue weighted by atomic mass is 10.0. The summed E-state index contributed by atoms with van der Waals surface area (Å²) in [7, 11) is 0. The molecular formula is C24H42N6. The van der Waals surface area contributed by atoms with Crippen molar-refractivity contribution in [2.45, 2.75) is 106 Å². The van der Waals surface area contributed by atoms with Gasteiger partial charge in [-0.15, -0.1) is 0 Å². The Morgan fingerprint density at radius 1 is 0.633 bits per heavy atom. The molecule has 0 aromatic heterocycles. The van der Waals surface area contributed by atoms with E-state index in [2.05, 4.69) is 62.2 Å². The van der Waals surface area contributed by atoms with Gasteiger partial charge in [0.05, 0.1) is 24.3 Å². The van der Waals surface area contributed by atoms with Gasteiger partial charge in [0, 0.05) is 11.8 Å². The van der Waals surface area contributed by atoms with Crippen LogP contribution in [0.1, 0.15) is 94.9 Å². The van der Waals surface area contributed by atoms with Crippen LogP contribution in [0.25, 0.3) is 0 Å². The molecule has 0 saturated heterocycles. The summed E-state index contributed by atoms with van der Waals surface area (Å²) >= 11 is 0. The van der Waals surface area contributed by atoms with Crippen LogP contribution >= 0.6 is 0 Å². The van der Waals surface area contributed by atoms with E-state index in [1.54, 1.807) is 13.8 Å². The quantitative estimate of drug-likeness (QED) is 0.389. The first-order chi connectivity index (χ1) is 13.8. The third-order valence-electron chi connectivity index (χ3n) is 4.44. The minimum Gasteiger partial charge on any atom is -0.198 e. The van der Waals surface area contributed by atoms with Gasteiger partial charge in [-0.05, 0) is 65.2 Å². The summed E-state index contributed by atoms with van der Waals surface area (Å²) in [6, 6.07) is 8.55. The fourth-order valence-electron chi connectivity index (χ4n) is 2.08. The maximum absolute atomic E-state index is 8.84. The monoisotopic (exact) mass is 414 g/mol. The Morgan fingerprint density at radius 2 is 0.900 bits per heavy atom. The van der Waals surface area contributed by atoms with E-state index in [9.17, 15) is 0 Å². The molecule has 6 nitrogen and oxygen atoms in total. The minimum atomic E-state index is -0.798. The lowest BCUT2D eigenvalue weighted by Crippen LogP contribution is -2.22. The van der Waals surface area contributed by atoms with Gasteiger partial charge in [-0.2, -0.15) is 31.3 Å². The molecule has 30 heavy (non-hydrogen) atoms. The molecule has 168 valence electrons. The first kappa shape index (κ1) is 32.2. The van der Waals surface area contributed by atoms with Crippen molar-refractivity contribution in [2.24, 2.45) is 33.9 Å². The van der Waals surface area contributed by atoms with Crippen LogP contribution in [0.15, 0.2) is 10.2 Å². The molecule has 6 heteroatoms. The zero-order valence-electron chi connectivity index (χ0n) is 20.8. The van der Waals surface area contributed by atoms with Crippen molar-refractivity contribution in [3.8, 4) is 24.3 Å². The lowest BCUT2D eigenvalue weighted by Gasteiger charge is -2.16. The molecule has 0 aliphatic carbocycles. The van der Waals surface area contributed by atoms with Crippen LogP contribution < -0.4 is 0 Å². The second-order valence-corrected chi connectivity index (χ2v) is 9.00. The molecule has 0 heterocycles. The van der Waals surface area contributed by atoms with E-state index < -0.39 is 11.1 Å².